The molecule has 0 saturated heterocycles. The molecule has 0 saturated carbocycles. The smallest absolute Gasteiger partial charge is 0.138 e. The van der Waals surface area contributed by atoms with E-state index in [1.165, 1.54) is 0 Å². The van der Waals surface area contributed by atoms with Crippen molar-refractivity contribution in [3.8, 4) is 0 Å². The highest BCUT2D eigenvalue weighted by atomic mass is 79.9. The predicted molar refractivity (Wildman–Crippen MR) is 90.2 cm³/mol. The summed E-state index contributed by atoms with van der Waals surface area (Å²) in [5, 5.41) is 4.33. The first kappa shape index (κ1) is 18.4. The molecule has 1 rings (SSSR count). The highest BCUT2D eigenvalue weighted by Gasteiger charge is 2.24. The summed E-state index contributed by atoms with van der Waals surface area (Å²) < 4.78 is 2.74. The van der Waals surface area contributed by atoms with Crippen molar-refractivity contribution in [3.05, 3.63) is 15.9 Å². The standard InChI is InChI=1S/C16H28BrN3O/c1-11-15(17)14(20(5)19-11)10-13(21)7-6-12(8-9-18)16(2,3)4/h12H,6-10,18H2,1-5H3. The summed E-state index contributed by atoms with van der Waals surface area (Å²) in [6.07, 6.45) is 2.94. The number of Topliss-reactive ketones (excluding diaryl/α,β-unsaturated/α-hetero) is 1. The zero-order valence-corrected chi connectivity index (χ0v) is 15.5. The third kappa shape index (κ3) is 5.22. The molecule has 0 aliphatic heterocycles. The zero-order valence-electron chi connectivity index (χ0n) is 13.9. The van der Waals surface area contributed by atoms with Crippen molar-refractivity contribution in [2.24, 2.45) is 24.1 Å². The second-order valence-corrected chi connectivity index (χ2v) is 7.66. The molecular formula is C16H28BrN3O. The van der Waals surface area contributed by atoms with E-state index < -0.39 is 0 Å². The molecule has 0 aromatic carbocycles. The van der Waals surface area contributed by atoms with Gasteiger partial charge in [0.05, 0.1) is 15.9 Å². The van der Waals surface area contributed by atoms with Crippen LogP contribution < -0.4 is 5.73 Å². The van der Waals surface area contributed by atoms with Gasteiger partial charge in [-0.05, 0) is 53.6 Å². The Morgan fingerprint density at radius 3 is 2.43 bits per heavy atom. The van der Waals surface area contributed by atoms with Crippen molar-refractivity contribution in [2.75, 3.05) is 6.54 Å². The van der Waals surface area contributed by atoms with Crippen LogP contribution in [0.25, 0.3) is 0 Å². The molecule has 1 unspecified atom stereocenters. The first-order chi connectivity index (χ1) is 9.66. The number of nitrogens with zero attached hydrogens (tertiary/aromatic N) is 2. The summed E-state index contributed by atoms with van der Waals surface area (Å²) in [5.74, 6) is 0.758. The van der Waals surface area contributed by atoms with Crippen molar-refractivity contribution < 1.29 is 4.79 Å². The molecule has 0 aliphatic carbocycles. The molecule has 1 aromatic rings. The minimum absolute atomic E-state index is 0.198. The molecule has 0 amide bonds. The predicted octanol–water partition coefficient (Wildman–Crippen LogP) is 3.39. The lowest BCUT2D eigenvalue weighted by molar-refractivity contribution is -0.119. The topological polar surface area (TPSA) is 60.9 Å². The summed E-state index contributed by atoms with van der Waals surface area (Å²) in [6, 6.07) is 0. The average molecular weight is 358 g/mol. The minimum atomic E-state index is 0.198. The van der Waals surface area contributed by atoms with E-state index in [9.17, 15) is 4.79 Å². The molecule has 1 aromatic heterocycles. The van der Waals surface area contributed by atoms with Crippen LogP contribution in [0, 0.1) is 18.3 Å². The molecule has 1 atom stereocenters. The summed E-state index contributed by atoms with van der Waals surface area (Å²) in [5.41, 5.74) is 7.78. The van der Waals surface area contributed by atoms with E-state index in [0.29, 0.717) is 25.3 Å². The van der Waals surface area contributed by atoms with Gasteiger partial charge in [0.15, 0.2) is 0 Å². The van der Waals surface area contributed by atoms with E-state index in [4.69, 9.17) is 5.73 Å². The van der Waals surface area contributed by atoms with Crippen LogP contribution in [0.5, 0.6) is 0 Å². The van der Waals surface area contributed by atoms with Gasteiger partial charge < -0.3 is 5.73 Å². The van der Waals surface area contributed by atoms with Gasteiger partial charge in [-0.15, -0.1) is 0 Å². The number of carbonyl (C=O) groups is 1. The largest absolute Gasteiger partial charge is 0.330 e. The number of hydrogen-bond acceptors (Lipinski definition) is 3. The summed E-state index contributed by atoms with van der Waals surface area (Å²) >= 11 is 3.51. The maximum atomic E-state index is 12.3. The molecule has 4 nitrogen and oxygen atoms in total. The number of nitrogens with two attached hydrogens (primary N) is 1. The molecule has 120 valence electrons. The fourth-order valence-corrected chi connectivity index (χ4v) is 3.17. The van der Waals surface area contributed by atoms with Crippen LogP contribution in [0.1, 0.15) is 51.4 Å². The van der Waals surface area contributed by atoms with E-state index in [1.54, 1.807) is 4.68 Å². The van der Waals surface area contributed by atoms with Crippen LogP contribution in [0.2, 0.25) is 0 Å². The third-order valence-corrected chi connectivity index (χ3v) is 5.17. The molecule has 0 spiro atoms. The highest BCUT2D eigenvalue weighted by Crippen LogP contribution is 2.32. The number of halogens is 1. The number of aromatic nitrogens is 2. The van der Waals surface area contributed by atoms with Gasteiger partial charge >= 0.3 is 0 Å². The van der Waals surface area contributed by atoms with Gasteiger partial charge in [0.2, 0.25) is 0 Å². The summed E-state index contributed by atoms with van der Waals surface area (Å²) in [6.45, 7) is 9.29. The Labute approximate surface area is 136 Å². The molecule has 0 radical (unpaired) electrons. The van der Waals surface area contributed by atoms with Crippen LogP contribution in [-0.4, -0.2) is 22.1 Å². The maximum absolute atomic E-state index is 12.3. The van der Waals surface area contributed by atoms with Crippen molar-refractivity contribution in [1.29, 1.82) is 0 Å². The van der Waals surface area contributed by atoms with Crippen LogP contribution in [0.3, 0.4) is 0 Å². The molecule has 2 N–H and O–H groups in total. The fraction of sp³-hybridized carbons (Fsp3) is 0.750. The highest BCUT2D eigenvalue weighted by molar-refractivity contribution is 9.10. The monoisotopic (exact) mass is 357 g/mol. The van der Waals surface area contributed by atoms with Crippen LogP contribution in [0.15, 0.2) is 4.47 Å². The van der Waals surface area contributed by atoms with Crippen LogP contribution >= 0.6 is 15.9 Å². The Balaban J connectivity index is 2.61. The van der Waals surface area contributed by atoms with Crippen LogP contribution in [-0.2, 0) is 18.3 Å². The number of aryl methyl sites for hydroxylation is 2. The third-order valence-electron chi connectivity index (χ3n) is 4.14. The normalized spacial score (nSPS) is 13.5. The maximum Gasteiger partial charge on any atom is 0.138 e. The van der Waals surface area contributed by atoms with Gasteiger partial charge in [-0.1, -0.05) is 20.8 Å². The minimum Gasteiger partial charge on any atom is -0.330 e. The first-order valence-electron chi connectivity index (χ1n) is 7.56. The molecular weight excluding hydrogens is 330 g/mol. The Bertz CT molecular complexity index is 488. The zero-order chi connectivity index (χ0) is 16.2. The molecule has 0 bridgehead atoms. The fourth-order valence-electron chi connectivity index (χ4n) is 2.69. The summed E-state index contributed by atoms with van der Waals surface area (Å²) in [7, 11) is 1.88. The Hall–Kier alpha value is -0.680. The Kier molecular flexibility index (Phi) is 6.60. The van der Waals surface area contributed by atoms with Crippen LogP contribution in [0.4, 0.5) is 0 Å². The average Bonchev–Trinajstić information content (AvgIpc) is 2.60. The van der Waals surface area contributed by atoms with Crippen molar-refractivity contribution in [1.82, 2.24) is 9.78 Å². The first-order valence-corrected chi connectivity index (χ1v) is 8.35. The van der Waals surface area contributed by atoms with Crippen molar-refractivity contribution >= 4 is 21.7 Å². The van der Waals surface area contributed by atoms with E-state index in [-0.39, 0.29) is 11.2 Å². The number of rotatable bonds is 7. The lowest BCUT2D eigenvalue weighted by atomic mass is 9.76. The Morgan fingerprint density at radius 2 is 2.00 bits per heavy atom. The van der Waals surface area contributed by atoms with E-state index in [0.717, 1.165) is 28.7 Å². The molecule has 21 heavy (non-hydrogen) atoms. The number of ketones is 1. The van der Waals surface area contributed by atoms with Gasteiger partial charge in [-0.3, -0.25) is 9.48 Å². The molecule has 5 heteroatoms. The van der Waals surface area contributed by atoms with Gasteiger partial charge in [0.1, 0.15) is 5.78 Å². The number of hydrogen-bond donors (Lipinski definition) is 1. The van der Waals surface area contributed by atoms with Crippen molar-refractivity contribution in [2.45, 2.75) is 53.4 Å². The lowest BCUT2D eigenvalue weighted by Gasteiger charge is -2.30. The van der Waals surface area contributed by atoms with Gasteiger partial charge in [-0.2, -0.15) is 5.10 Å². The molecule has 1 heterocycles. The van der Waals surface area contributed by atoms with E-state index >= 15 is 0 Å². The van der Waals surface area contributed by atoms with E-state index in [1.807, 2.05) is 14.0 Å². The SMILES string of the molecule is Cc1nn(C)c(CC(=O)CCC(CCN)C(C)(C)C)c1Br. The summed E-state index contributed by atoms with van der Waals surface area (Å²) in [4.78, 5) is 12.3. The number of carbonyl (C=O) groups excluding carboxylic acids is 1. The molecule has 0 fully saturated rings. The van der Waals surface area contributed by atoms with Gasteiger partial charge in [-0.25, -0.2) is 0 Å². The Morgan fingerprint density at radius 1 is 1.38 bits per heavy atom. The second-order valence-electron chi connectivity index (χ2n) is 6.86. The van der Waals surface area contributed by atoms with Gasteiger partial charge in [0, 0.05) is 19.9 Å². The van der Waals surface area contributed by atoms with Crippen molar-refractivity contribution in [3.63, 3.8) is 0 Å². The van der Waals surface area contributed by atoms with Gasteiger partial charge in [0.25, 0.3) is 0 Å². The molecule has 0 aliphatic rings. The quantitative estimate of drug-likeness (QED) is 0.813. The second kappa shape index (κ2) is 7.54. The van der Waals surface area contributed by atoms with E-state index in [2.05, 4.69) is 41.8 Å². The lowest BCUT2D eigenvalue weighted by Crippen LogP contribution is -2.24.